The fourth-order valence-corrected chi connectivity index (χ4v) is 3.48. The molecule has 1 atom stereocenters. The predicted octanol–water partition coefficient (Wildman–Crippen LogP) is 1.85. The van der Waals surface area contributed by atoms with Crippen molar-refractivity contribution < 1.29 is 13.2 Å². The maximum Gasteiger partial charge on any atom is 0.401 e. The van der Waals surface area contributed by atoms with Crippen LogP contribution < -0.4 is 5.73 Å². The highest BCUT2D eigenvalue weighted by molar-refractivity contribution is 14.0. The zero-order valence-electron chi connectivity index (χ0n) is 11.8. The molecular formula is C12H22F3IN4S. The smallest absolute Gasteiger partial charge is 0.370 e. The molecule has 2 aliphatic heterocycles. The molecule has 4 nitrogen and oxygen atoms in total. The van der Waals surface area contributed by atoms with Gasteiger partial charge in [0.1, 0.15) is 0 Å². The third-order valence-corrected chi connectivity index (χ3v) is 4.56. The first-order valence-corrected chi connectivity index (χ1v) is 8.01. The maximum atomic E-state index is 12.3. The van der Waals surface area contributed by atoms with Gasteiger partial charge in [-0.05, 0) is 18.9 Å². The van der Waals surface area contributed by atoms with Crippen molar-refractivity contribution in [3.05, 3.63) is 0 Å². The second-order valence-corrected chi connectivity index (χ2v) is 6.53. The number of rotatable bonds is 3. The standard InChI is InChI=1S/C12H21F3N4S.HI/c13-12(14,15)9-18-2-1-10(8-18)7-17-11(16)19-3-5-20-6-4-19;/h10H,1-9H2,(H2,16,17);1H. The van der Waals surface area contributed by atoms with E-state index in [1.54, 1.807) is 0 Å². The zero-order valence-corrected chi connectivity index (χ0v) is 15.0. The second-order valence-electron chi connectivity index (χ2n) is 5.30. The summed E-state index contributed by atoms with van der Waals surface area (Å²) in [5, 5.41) is 0. The number of nitrogens with zero attached hydrogens (tertiary/aromatic N) is 3. The van der Waals surface area contributed by atoms with E-state index in [1.165, 1.54) is 4.90 Å². The van der Waals surface area contributed by atoms with Crippen LogP contribution in [0.5, 0.6) is 0 Å². The van der Waals surface area contributed by atoms with E-state index >= 15 is 0 Å². The Kier molecular flexibility index (Phi) is 7.90. The van der Waals surface area contributed by atoms with Crippen molar-refractivity contribution in [1.29, 1.82) is 0 Å². The van der Waals surface area contributed by atoms with Crippen LogP contribution >= 0.6 is 35.7 Å². The Morgan fingerprint density at radius 3 is 2.52 bits per heavy atom. The van der Waals surface area contributed by atoms with Gasteiger partial charge in [-0.25, -0.2) is 0 Å². The fraction of sp³-hybridized carbons (Fsp3) is 0.917. The van der Waals surface area contributed by atoms with Crippen LogP contribution in [0, 0.1) is 5.92 Å². The van der Waals surface area contributed by atoms with E-state index in [9.17, 15) is 13.2 Å². The minimum absolute atomic E-state index is 0. The van der Waals surface area contributed by atoms with Crippen molar-refractivity contribution in [2.24, 2.45) is 16.6 Å². The van der Waals surface area contributed by atoms with E-state index in [0.717, 1.165) is 31.0 Å². The van der Waals surface area contributed by atoms with E-state index in [1.807, 2.05) is 11.8 Å². The SMILES string of the molecule is I.NC(=NCC1CCN(CC(F)(F)F)C1)N1CCSCC1. The summed E-state index contributed by atoms with van der Waals surface area (Å²) in [6.45, 7) is 2.50. The first-order chi connectivity index (χ1) is 9.44. The minimum atomic E-state index is -4.11. The number of aliphatic imine (C=N–C) groups is 1. The van der Waals surface area contributed by atoms with Crippen LogP contribution in [0.2, 0.25) is 0 Å². The molecule has 0 aromatic heterocycles. The summed E-state index contributed by atoms with van der Waals surface area (Å²) in [5.41, 5.74) is 5.94. The highest BCUT2D eigenvalue weighted by atomic mass is 127. The molecule has 21 heavy (non-hydrogen) atoms. The number of hydrogen-bond acceptors (Lipinski definition) is 3. The van der Waals surface area contributed by atoms with Crippen molar-refractivity contribution >= 4 is 41.7 Å². The predicted molar refractivity (Wildman–Crippen MR) is 91.4 cm³/mol. The molecule has 2 N–H and O–H groups in total. The monoisotopic (exact) mass is 438 g/mol. The van der Waals surface area contributed by atoms with Gasteiger partial charge in [-0.3, -0.25) is 9.89 Å². The molecular weight excluding hydrogens is 416 g/mol. The third-order valence-electron chi connectivity index (χ3n) is 3.62. The number of nitrogens with two attached hydrogens (primary N) is 1. The van der Waals surface area contributed by atoms with E-state index < -0.39 is 12.7 Å². The molecule has 124 valence electrons. The first-order valence-electron chi connectivity index (χ1n) is 6.86. The normalized spacial score (nSPS) is 25.0. The molecule has 0 aromatic rings. The van der Waals surface area contributed by atoms with Crippen molar-refractivity contribution in [3.63, 3.8) is 0 Å². The van der Waals surface area contributed by atoms with Gasteiger partial charge in [-0.1, -0.05) is 0 Å². The van der Waals surface area contributed by atoms with Gasteiger partial charge in [-0.2, -0.15) is 24.9 Å². The Labute approximate surface area is 144 Å². The summed E-state index contributed by atoms with van der Waals surface area (Å²) >= 11 is 1.90. The van der Waals surface area contributed by atoms with E-state index in [0.29, 0.717) is 25.6 Å². The van der Waals surface area contributed by atoms with Crippen LogP contribution in [0.15, 0.2) is 4.99 Å². The highest BCUT2D eigenvalue weighted by Crippen LogP contribution is 2.22. The van der Waals surface area contributed by atoms with Gasteiger partial charge < -0.3 is 10.6 Å². The van der Waals surface area contributed by atoms with E-state index in [4.69, 9.17) is 5.73 Å². The van der Waals surface area contributed by atoms with Gasteiger partial charge >= 0.3 is 6.18 Å². The Morgan fingerprint density at radius 1 is 1.24 bits per heavy atom. The summed E-state index contributed by atoms with van der Waals surface area (Å²) in [6, 6.07) is 0. The van der Waals surface area contributed by atoms with Crippen molar-refractivity contribution in [2.75, 3.05) is 50.8 Å². The molecule has 2 fully saturated rings. The van der Waals surface area contributed by atoms with Crippen LogP contribution in [0.25, 0.3) is 0 Å². The number of alkyl halides is 3. The van der Waals surface area contributed by atoms with Gasteiger partial charge in [0, 0.05) is 37.7 Å². The molecule has 0 bridgehead atoms. The van der Waals surface area contributed by atoms with Gasteiger partial charge in [-0.15, -0.1) is 24.0 Å². The molecule has 9 heteroatoms. The number of likely N-dealkylation sites (tertiary alicyclic amines) is 1. The number of hydrogen-bond donors (Lipinski definition) is 1. The van der Waals surface area contributed by atoms with Crippen LogP contribution in [-0.2, 0) is 0 Å². The fourth-order valence-electron chi connectivity index (χ4n) is 2.57. The summed E-state index contributed by atoms with van der Waals surface area (Å²) in [5.74, 6) is 2.84. The second kappa shape index (κ2) is 8.66. The molecule has 2 aliphatic rings. The number of guanidine groups is 1. The average Bonchev–Trinajstić information content (AvgIpc) is 2.82. The number of halogens is 4. The third kappa shape index (κ3) is 6.81. The molecule has 0 radical (unpaired) electrons. The summed E-state index contributed by atoms with van der Waals surface area (Å²) in [7, 11) is 0. The Morgan fingerprint density at radius 2 is 1.90 bits per heavy atom. The van der Waals surface area contributed by atoms with E-state index in [-0.39, 0.29) is 29.9 Å². The molecule has 0 spiro atoms. The maximum absolute atomic E-state index is 12.3. The lowest BCUT2D eigenvalue weighted by Crippen LogP contribution is -2.43. The van der Waals surface area contributed by atoms with Crippen molar-refractivity contribution in [1.82, 2.24) is 9.80 Å². The Hall–Kier alpha value is 0.100. The van der Waals surface area contributed by atoms with Crippen LogP contribution in [0.1, 0.15) is 6.42 Å². The molecule has 0 amide bonds. The molecule has 0 saturated carbocycles. The van der Waals surface area contributed by atoms with Crippen LogP contribution in [0.4, 0.5) is 13.2 Å². The zero-order chi connectivity index (χ0) is 14.6. The van der Waals surface area contributed by atoms with Gasteiger partial charge in [0.15, 0.2) is 5.96 Å². The quantitative estimate of drug-likeness (QED) is 0.415. The van der Waals surface area contributed by atoms with Crippen LogP contribution in [-0.4, -0.2) is 72.7 Å². The lowest BCUT2D eigenvalue weighted by molar-refractivity contribution is -0.143. The lowest BCUT2D eigenvalue weighted by Gasteiger charge is -2.27. The Bertz CT molecular complexity index is 348. The molecule has 2 rings (SSSR count). The van der Waals surface area contributed by atoms with Gasteiger partial charge in [0.25, 0.3) is 0 Å². The van der Waals surface area contributed by atoms with E-state index in [2.05, 4.69) is 9.89 Å². The summed E-state index contributed by atoms with van der Waals surface area (Å²) < 4.78 is 36.9. The first kappa shape index (κ1) is 19.1. The van der Waals surface area contributed by atoms with Crippen LogP contribution in [0.3, 0.4) is 0 Å². The number of thioether (sulfide) groups is 1. The largest absolute Gasteiger partial charge is 0.401 e. The van der Waals surface area contributed by atoms with Gasteiger partial charge in [0.05, 0.1) is 6.54 Å². The molecule has 2 saturated heterocycles. The molecule has 2 heterocycles. The van der Waals surface area contributed by atoms with Crippen molar-refractivity contribution in [3.8, 4) is 0 Å². The Balaban J connectivity index is 0.00000220. The highest BCUT2D eigenvalue weighted by Gasteiger charge is 2.34. The minimum Gasteiger partial charge on any atom is -0.370 e. The summed E-state index contributed by atoms with van der Waals surface area (Å²) in [4.78, 5) is 7.87. The molecule has 0 aliphatic carbocycles. The summed E-state index contributed by atoms with van der Waals surface area (Å²) in [6.07, 6.45) is -3.34. The van der Waals surface area contributed by atoms with Gasteiger partial charge in [0.2, 0.25) is 0 Å². The van der Waals surface area contributed by atoms with Crippen molar-refractivity contribution in [2.45, 2.75) is 12.6 Å². The molecule has 1 unspecified atom stereocenters. The topological polar surface area (TPSA) is 44.9 Å². The average molecular weight is 438 g/mol. The molecule has 0 aromatic carbocycles. The lowest BCUT2D eigenvalue weighted by atomic mass is 10.1.